The minimum Gasteiger partial charge on any atom is -0.430 e. The first kappa shape index (κ1) is 19.3. The number of ether oxygens (including phenoxy) is 1. The number of nitrogens with one attached hydrogen (secondary N) is 2. The maximum Gasteiger partial charge on any atom is 0.314 e. The molecule has 1 aromatic carbocycles. The van der Waals surface area contributed by atoms with Crippen LogP contribution in [0.2, 0.25) is 0 Å². The van der Waals surface area contributed by atoms with Crippen LogP contribution in [0.4, 0.5) is 8.78 Å². The number of halogens is 2. The van der Waals surface area contributed by atoms with Gasteiger partial charge < -0.3 is 15.2 Å². The quantitative estimate of drug-likeness (QED) is 0.259. The van der Waals surface area contributed by atoms with Crippen LogP contribution < -0.4 is 15.5 Å². The average Bonchev–Trinajstić information content (AvgIpc) is 2.58. The summed E-state index contributed by atoms with van der Waals surface area (Å²) in [7, 11) is 0. The van der Waals surface area contributed by atoms with Crippen molar-refractivity contribution >= 4 is 11.8 Å². The van der Waals surface area contributed by atoms with Crippen LogP contribution >= 0.6 is 0 Å². The second-order valence-electron chi connectivity index (χ2n) is 4.62. The number of benzene rings is 1. The Morgan fingerprint density at radius 3 is 2.33 bits per heavy atom. The van der Waals surface area contributed by atoms with E-state index >= 15 is 0 Å². The van der Waals surface area contributed by atoms with Gasteiger partial charge in [0.1, 0.15) is 11.8 Å². The number of hydrogen-bond acceptors (Lipinski definition) is 5. The lowest BCUT2D eigenvalue weighted by Crippen LogP contribution is -2.51. The number of aliphatic hydroxyl groups excluding tert-OH is 1. The molecule has 0 aliphatic carbocycles. The van der Waals surface area contributed by atoms with Crippen LogP contribution in [0.25, 0.3) is 0 Å². The highest BCUT2D eigenvalue weighted by molar-refractivity contribution is 5.97. The van der Waals surface area contributed by atoms with E-state index in [4.69, 9.17) is 5.21 Å². The summed E-state index contributed by atoms with van der Waals surface area (Å²) in [5.74, 6) is -3.07. The molecule has 0 spiro atoms. The smallest absolute Gasteiger partial charge is 0.314 e. The molecule has 24 heavy (non-hydrogen) atoms. The van der Waals surface area contributed by atoms with Gasteiger partial charge in [-0.2, -0.15) is 4.39 Å². The van der Waals surface area contributed by atoms with Crippen LogP contribution in [0.3, 0.4) is 0 Å². The van der Waals surface area contributed by atoms with E-state index < -0.39 is 35.8 Å². The van der Waals surface area contributed by atoms with E-state index in [0.29, 0.717) is 6.08 Å². The van der Waals surface area contributed by atoms with Crippen molar-refractivity contribution in [2.24, 2.45) is 0 Å². The molecular weight excluding hydrogens is 326 g/mol. The van der Waals surface area contributed by atoms with Crippen LogP contribution in [-0.4, -0.2) is 34.3 Å². The number of hydroxylamine groups is 1. The van der Waals surface area contributed by atoms with Gasteiger partial charge in [-0.3, -0.25) is 14.8 Å². The normalized spacial score (nSPS) is 14.0. The van der Waals surface area contributed by atoms with E-state index in [1.165, 1.54) is 36.7 Å². The number of amides is 2. The van der Waals surface area contributed by atoms with Crippen LogP contribution in [-0.2, 0) is 4.79 Å². The van der Waals surface area contributed by atoms with Gasteiger partial charge in [-0.15, -0.1) is 0 Å². The van der Waals surface area contributed by atoms with Crippen molar-refractivity contribution in [2.75, 3.05) is 0 Å². The Labute approximate surface area is 136 Å². The molecule has 0 heterocycles. The largest absolute Gasteiger partial charge is 0.430 e. The molecule has 0 bridgehead atoms. The van der Waals surface area contributed by atoms with Gasteiger partial charge in [-0.1, -0.05) is 6.58 Å². The lowest BCUT2D eigenvalue weighted by Gasteiger charge is -2.19. The Morgan fingerprint density at radius 2 is 1.88 bits per heavy atom. The third-order valence-corrected chi connectivity index (χ3v) is 2.85. The molecule has 9 heteroatoms. The van der Waals surface area contributed by atoms with Gasteiger partial charge >= 0.3 is 6.01 Å². The average molecular weight is 342 g/mol. The summed E-state index contributed by atoms with van der Waals surface area (Å²) in [6, 6.07) is 2.03. The molecule has 0 radical (unpaired) electrons. The molecule has 4 N–H and O–H groups in total. The lowest BCUT2D eigenvalue weighted by molar-refractivity contribution is -0.133. The molecule has 1 aromatic rings. The number of hydrogen-bond donors (Lipinski definition) is 4. The van der Waals surface area contributed by atoms with Crippen molar-refractivity contribution in [3.63, 3.8) is 0 Å². The van der Waals surface area contributed by atoms with Crippen molar-refractivity contribution in [3.8, 4) is 5.75 Å². The van der Waals surface area contributed by atoms with Gasteiger partial charge in [-0.25, -0.2) is 9.87 Å². The molecule has 0 aliphatic rings. The van der Waals surface area contributed by atoms with Gasteiger partial charge in [0.25, 0.3) is 11.8 Å². The fourth-order valence-corrected chi connectivity index (χ4v) is 1.61. The fourth-order valence-electron chi connectivity index (χ4n) is 1.61. The number of carbonyl (C=O) groups excluding carboxylic acids is 2. The highest BCUT2D eigenvalue weighted by Gasteiger charge is 2.25. The van der Waals surface area contributed by atoms with Crippen LogP contribution in [0.5, 0.6) is 5.75 Å². The molecule has 0 aromatic heterocycles. The van der Waals surface area contributed by atoms with Crippen molar-refractivity contribution in [3.05, 3.63) is 54.3 Å². The number of rotatable bonds is 7. The standard InChI is InChI=1S/C15H16F2N2O5/c1-3-11(16)13(17)24-10-6-4-9(5-7-10)14(21)18-12(8(2)20)15(22)19-23/h3-8,12,20,23H,1H2,2H3,(H,18,21)(H,19,22)/b13-11-/t8-,12+/m1/s1. The van der Waals surface area contributed by atoms with Gasteiger partial charge in [-0.05, 0) is 37.3 Å². The van der Waals surface area contributed by atoms with Gasteiger partial charge in [0.05, 0.1) is 6.10 Å². The fraction of sp³-hybridized carbons (Fsp3) is 0.200. The summed E-state index contributed by atoms with van der Waals surface area (Å²) in [6.45, 7) is 4.30. The number of carbonyl (C=O) groups is 2. The van der Waals surface area contributed by atoms with E-state index in [9.17, 15) is 23.5 Å². The summed E-state index contributed by atoms with van der Waals surface area (Å²) < 4.78 is 30.6. The molecule has 7 nitrogen and oxygen atoms in total. The predicted molar refractivity (Wildman–Crippen MR) is 79.4 cm³/mol. The molecule has 0 fully saturated rings. The third kappa shape index (κ3) is 5.14. The van der Waals surface area contributed by atoms with Gasteiger partial charge in [0.15, 0.2) is 5.83 Å². The number of aliphatic hydroxyl groups is 1. The summed E-state index contributed by atoms with van der Waals surface area (Å²) >= 11 is 0. The maximum absolute atomic E-state index is 13.2. The summed E-state index contributed by atoms with van der Waals surface area (Å²) in [4.78, 5) is 23.3. The zero-order valence-corrected chi connectivity index (χ0v) is 12.6. The monoisotopic (exact) mass is 342 g/mol. The van der Waals surface area contributed by atoms with Crippen molar-refractivity contribution in [1.82, 2.24) is 10.8 Å². The Morgan fingerprint density at radius 1 is 1.29 bits per heavy atom. The maximum atomic E-state index is 13.2. The molecule has 0 saturated carbocycles. The first-order valence-corrected chi connectivity index (χ1v) is 6.68. The second kappa shape index (κ2) is 8.75. The topological polar surface area (TPSA) is 108 Å². The first-order chi connectivity index (χ1) is 11.3. The Hall–Kier alpha value is -2.78. The molecule has 2 atom stereocenters. The van der Waals surface area contributed by atoms with E-state index in [2.05, 4.69) is 16.6 Å². The minimum atomic E-state index is -1.48. The molecule has 0 unspecified atom stereocenters. The zero-order valence-electron chi connectivity index (χ0n) is 12.6. The molecule has 130 valence electrons. The van der Waals surface area contributed by atoms with Gasteiger partial charge in [0, 0.05) is 5.56 Å². The van der Waals surface area contributed by atoms with Crippen LogP contribution in [0.15, 0.2) is 48.8 Å². The minimum absolute atomic E-state index is 0.0623. The molecular formula is C15H16F2N2O5. The van der Waals surface area contributed by atoms with E-state index in [-0.39, 0.29) is 11.3 Å². The lowest BCUT2D eigenvalue weighted by atomic mass is 10.1. The zero-order chi connectivity index (χ0) is 18.3. The van der Waals surface area contributed by atoms with Crippen LogP contribution in [0, 0.1) is 0 Å². The number of allylic oxidation sites excluding steroid dienone is 2. The molecule has 2 amide bonds. The first-order valence-electron chi connectivity index (χ1n) is 6.68. The molecule has 0 aliphatic heterocycles. The van der Waals surface area contributed by atoms with Gasteiger partial charge in [0.2, 0.25) is 0 Å². The molecule has 0 saturated heterocycles. The summed E-state index contributed by atoms with van der Waals surface area (Å²) in [5, 5.41) is 20.2. The van der Waals surface area contributed by atoms with Crippen molar-refractivity contribution in [1.29, 1.82) is 0 Å². The van der Waals surface area contributed by atoms with Crippen molar-refractivity contribution in [2.45, 2.75) is 19.1 Å². The highest BCUT2D eigenvalue weighted by atomic mass is 19.2. The van der Waals surface area contributed by atoms with E-state index in [1.54, 1.807) is 0 Å². The Kier molecular flexibility index (Phi) is 7.02. The summed E-state index contributed by atoms with van der Waals surface area (Å²) in [5.41, 5.74) is 1.39. The summed E-state index contributed by atoms with van der Waals surface area (Å²) in [6.07, 6.45) is -0.621. The Balaban J connectivity index is 2.83. The van der Waals surface area contributed by atoms with Crippen molar-refractivity contribution < 1.29 is 33.4 Å². The van der Waals surface area contributed by atoms with E-state index in [0.717, 1.165) is 0 Å². The highest BCUT2D eigenvalue weighted by Crippen LogP contribution is 2.19. The van der Waals surface area contributed by atoms with Crippen LogP contribution in [0.1, 0.15) is 17.3 Å². The Bertz CT molecular complexity index is 644. The van der Waals surface area contributed by atoms with E-state index in [1.807, 2.05) is 0 Å². The second-order valence-corrected chi connectivity index (χ2v) is 4.62. The SMILES string of the molecule is C=C/C(F)=C(\F)Oc1ccc(C(=O)N[C@H](C(=O)NO)[C@@H](C)O)cc1. The predicted octanol–water partition coefficient (Wildman–Crippen LogP) is 1.34. The third-order valence-electron chi connectivity index (χ3n) is 2.85. The molecule has 1 rings (SSSR count).